The Hall–Kier alpha value is -3.57. The van der Waals surface area contributed by atoms with Gasteiger partial charge in [0, 0.05) is 30.9 Å². The monoisotopic (exact) mass is 921 g/mol. The number of hydrogen-bond donors (Lipinski definition) is 4. The zero-order chi connectivity index (χ0) is 35.9. The van der Waals surface area contributed by atoms with Crippen molar-refractivity contribution in [1.29, 1.82) is 5.26 Å². The van der Waals surface area contributed by atoms with E-state index in [2.05, 4.69) is 87.3 Å². The molecule has 0 aromatic heterocycles. The third-order valence-corrected chi connectivity index (χ3v) is 9.03. The fraction of sp³-hybridized carbons (Fsp3) is 0.250. The zero-order valence-electron chi connectivity index (χ0n) is 26.8. The number of benzene rings is 4. The van der Waals surface area contributed by atoms with Gasteiger partial charge in [-0.05, 0) is 161 Å². The number of halogens is 4. The molecule has 0 bridgehead atoms. The lowest BCUT2D eigenvalue weighted by atomic mass is 10.1. The Morgan fingerprint density at radius 1 is 0.694 bits per heavy atom. The van der Waals surface area contributed by atoms with Gasteiger partial charge in [-0.25, -0.2) is 0 Å². The minimum atomic E-state index is -0.863. The Morgan fingerprint density at radius 2 is 1.22 bits per heavy atom. The molecule has 0 heterocycles. The van der Waals surface area contributed by atoms with Gasteiger partial charge in [0.1, 0.15) is 24.7 Å². The number of nitrogens with one attached hydrogen (secondary N) is 2. The Bertz CT molecular complexity index is 1770. The molecule has 0 aliphatic carbocycles. The van der Waals surface area contributed by atoms with Crippen LogP contribution in [0.1, 0.15) is 48.1 Å². The first-order valence-corrected chi connectivity index (χ1v) is 18.3. The van der Waals surface area contributed by atoms with Gasteiger partial charge in [0.05, 0.1) is 35.9 Å². The molecule has 13 heteroatoms. The van der Waals surface area contributed by atoms with Crippen LogP contribution in [0, 0.1) is 11.3 Å². The van der Waals surface area contributed by atoms with E-state index in [4.69, 9.17) is 19.7 Å². The highest BCUT2D eigenvalue weighted by atomic mass is 79.9. The van der Waals surface area contributed by atoms with Crippen LogP contribution in [-0.2, 0) is 35.6 Å². The average Bonchev–Trinajstić information content (AvgIpc) is 3.03. The molecule has 49 heavy (non-hydrogen) atoms. The van der Waals surface area contributed by atoms with Crippen molar-refractivity contribution >= 4 is 87.0 Å². The van der Waals surface area contributed by atoms with Crippen LogP contribution in [0.15, 0.2) is 84.6 Å². The van der Waals surface area contributed by atoms with Crippen LogP contribution in [0.2, 0.25) is 0 Å². The van der Waals surface area contributed by atoms with E-state index in [-0.39, 0.29) is 12.8 Å². The number of rotatable bonds is 15. The van der Waals surface area contributed by atoms with E-state index in [9.17, 15) is 14.9 Å². The van der Waals surface area contributed by atoms with Crippen molar-refractivity contribution in [3.63, 3.8) is 0 Å². The molecule has 0 aliphatic rings. The molecule has 0 fully saturated rings. The maximum atomic E-state index is 10.8. The molecular weight excluding hydrogens is 890 g/mol. The number of aliphatic carboxylic acids is 2. The predicted octanol–water partition coefficient (Wildman–Crippen LogP) is 9.96. The summed E-state index contributed by atoms with van der Waals surface area (Å²) >= 11 is 13.8. The molecule has 0 unspecified atom stereocenters. The fourth-order valence-electron chi connectivity index (χ4n) is 4.61. The lowest BCUT2D eigenvalue weighted by molar-refractivity contribution is -0.137. The van der Waals surface area contributed by atoms with Gasteiger partial charge in [0.15, 0.2) is 0 Å². The maximum absolute atomic E-state index is 10.8. The van der Waals surface area contributed by atoms with E-state index < -0.39 is 11.9 Å². The van der Waals surface area contributed by atoms with Crippen molar-refractivity contribution in [2.24, 2.45) is 0 Å². The van der Waals surface area contributed by atoms with Crippen molar-refractivity contribution in [3.05, 3.63) is 112 Å². The highest BCUT2D eigenvalue weighted by Crippen LogP contribution is 2.37. The number of aryl methyl sites for hydroxylation is 1. The molecule has 9 nitrogen and oxygen atoms in total. The summed E-state index contributed by atoms with van der Waals surface area (Å²) in [5.41, 5.74) is 6.06. The first-order valence-electron chi connectivity index (χ1n) is 15.2. The smallest absolute Gasteiger partial charge is 0.307 e. The highest BCUT2D eigenvalue weighted by molar-refractivity contribution is 9.11. The van der Waals surface area contributed by atoms with E-state index in [1.54, 1.807) is 24.3 Å². The first kappa shape index (κ1) is 39.9. The molecule has 0 amide bonds. The molecule has 0 saturated carbocycles. The zero-order valence-corrected chi connectivity index (χ0v) is 33.1. The molecule has 0 saturated heterocycles. The molecule has 0 aliphatic heterocycles. The van der Waals surface area contributed by atoms with Crippen molar-refractivity contribution in [1.82, 2.24) is 0 Å². The van der Waals surface area contributed by atoms with Gasteiger partial charge in [0.2, 0.25) is 0 Å². The number of hydrogen-bond acceptors (Lipinski definition) is 7. The summed E-state index contributed by atoms with van der Waals surface area (Å²) < 4.78 is 14.7. The quantitative estimate of drug-likeness (QED) is 0.0917. The second kappa shape index (κ2) is 20.2. The summed E-state index contributed by atoms with van der Waals surface area (Å²) in [5, 5.41) is 33.3. The summed E-state index contributed by atoms with van der Waals surface area (Å²) in [4.78, 5) is 21.5. The van der Waals surface area contributed by atoms with Gasteiger partial charge in [-0.15, -0.1) is 0 Å². The van der Waals surface area contributed by atoms with E-state index >= 15 is 0 Å². The van der Waals surface area contributed by atoms with Crippen LogP contribution in [0.25, 0.3) is 0 Å². The number of carboxylic acid groups (broad SMARTS) is 2. The molecule has 4 rings (SSSR count). The van der Waals surface area contributed by atoms with Crippen LogP contribution in [0.3, 0.4) is 0 Å². The van der Waals surface area contributed by atoms with Crippen LogP contribution >= 0.6 is 63.7 Å². The number of ether oxygens (including phenoxy) is 2. The molecular formula is C36H35Br4N3O6. The maximum Gasteiger partial charge on any atom is 0.307 e. The van der Waals surface area contributed by atoms with Gasteiger partial charge in [-0.3, -0.25) is 9.59 Å². The van der Waals surface area contributed by atoms with E-state index in [1.807, 2.05) is 49.4 Å². The number of anilines is 2. The summed E-state index contributed by atoms with van der Waals surface area (Å²) in [6.07, 6.45) is 0.499. The van der Waals surface area contributed by atoms with E-state index in [0.29, 0.717) is 42.3 Å². The molecule has 0 atom stereocenters. The molecule has 258 valence electrons. The predicted molar refractivity (Wildman–Crippen MR) is 206 cm³/mol. The summed E-state index contributed by atoms with van der Waals surface area (Å²) in [6, 6.07) is 23.0. The third-order valence-electron chi connectivity index (χ3n) is 6.68. The standard InChI is InChI=1S/C19H18Br2N2O3.C17H17Br2NO3/c1-2-23-15-6-13(10-22)5-14(7-15)11-26-19-16(20)8-12(9-17(19)21)3-4-18(24)25;1-2-20-13-5-3-4-11(6-13)10-23-17-14(18)7-12(8-15(17)19)9-16(21)22/h5-9,23H,2-4,11H2,1H3,(H,24,25);3-8,20H,2,9-10H2,1H3,(H,21,22). The van der Waals surface area contributed by atoms with Gasteiger partial charge in [-0.1, -0.05) is 12.1 Å². The normalized spacial score (nSPS) is 10.3. The molecule has 4 aromatic rings. The summed E-state index contributed by atoms with van der Waals surface area (Å²) in [5.74, 6) is -0.395. The lowest BCUT2D eigenvalue weighted by Crippen LogP contribution is -2.02. The van der Waals surface area contributed by atoms with Crippen LogP contribution < -0.4 is 20.1 Å². The third kappa shape index (κ3) is 13.3. The first-order chi connectivity index (χ1) is 23.4. The van der Waals surface area contributed by atoms with Crippen molar-refractivity contribution in [2.75, 3.05) is 23.7 Å². The molecule has 0 radical (unpaired) electrons. The number of nitriles is 1. The molecule has 4 N–H and O–H groups in total. The minimum absolute atomic E-state index is 0.0256. The Kier molecular flexibility index (Phi) is 16.4. The fourth-order valence-corrected chi connectivity index (χ4v) is 7.63. The van der Waals surface area contributed by atoms with Crippen molar-refractivity contribution < 1.29 is 29.3 Å². The van der Waals surface area contributed by atoms with E-state index in [1.165, 1.54) is 0 Å². The average molecular weight is 925 g/mol. The van der Waals surface area contributed by atoms with Crippen LogP contribution in [-0.4, -0.2) is 35.2 Å². The van der Waals surface area contributed by atoms with Gasteiger partial charge in [-0.2, -0.15) is 5.26 Å². The van der Waals surface area contributed by atoms with Crippen LogP contribution in [0.5, 0.6) is 11.5 Å². The second-order valence-electron chi connectivity index (χ2n) is 10.6. The SMILES string of the molecule is CCNc1cc(C#N)cc(COc2c(Br)cc(CCC(=O)O)cc2Br)c1.CCNc1cccc(COc2c(Br)cc(CC(=O)O)cc2Br)c1. The highest BCUT2D eigenvalue weighted by Gasteiger charge is 2.13. The second-order valence-corrected chi connectivity index (χ2v) is 14.0. The summed E-state index contributed by atoms with van der Waals surface area (Å²) in [6.45, 7) is 6.41. The number of nitrogens with zero attached hydrogens (tertiary/aromatic N) is 1. The Balaban J connectivity index is 0.000000267. The summed E-state index contributed by atoms with van der Waals surface area (Å²) in [7, 11) is 0. The minimum Gasteiger partial charge on any atom is -0.487 e. The van der Waals surface area contributed by atoms with Gasteiger partial charge >= 0.3 is 11.9 Å². The van der Waals surface area contributed by atoms with Crippen molar-refractivity contribution in [3.8, 4) is 17.6 Å². The van der Waals surface area contributed by atoms with Crippen molar-refractivity contribution in [2.45, 2.75) is 46.3 Å². The number of carboxylic acids is 2. The number of carbonyl (C=O) groups is 2. The Labute approximate surface area is 319 Å². The van der Waals surface area contributed by atoms with Crippen LogP contribution in [0.4, 0.5) is 11.4 Å². The molecule has 0 spiro atoms. The lowest BCUT2D eigenvalue weighted by Gasteiger charge is -2.13. The molecule has 4 aromatic carbocycles. The largest absolute Gasteiger partial charge is 0.487 e. The topological polar surface area (TPSA) is 141 Å². The Morgan fingerprint density at radius 3 is 1.76 bits per heavy atom. The van der Waals surface area contributed by atoms with E-state index in [0.717, 1.165) is 59.0 Å². The van der Waals surface area contributed by atoms with Gasteiger partial charge < -0.3 is 30.3 Å². The van der Waals surface area contributed by atoms with Gasteiger partial charge in [0.25, 0.3) is 0 Å².